The average Bonchev–Trinajstić information content (AvgIpc) is 2.77. The largest absolute Gasteiger partial charge is 0.508 e. The van der Waals surface area contributed by atoms with Crippen molar-refractivity contribution in [1.29, 1.82) is 0 Å². The van der Waals surface area contributed by atoms with Crippen LogP contribution in [0.4, 0.5) is 0 Å². The number of carbonyl (C=O) groups excluding carboxylic acids is 1. The van der Waals surface area contributed by atoms with E-state index >= 15 is 0 Å². The van der Waals surface area contributed by atoms with Gasteiger partial charge in [0.2, 0.25) is 0 Å². The first-order valence-corrected chi connectivity index (χ1v) is 5.54. The lowest BCUT2D eigenvalue weighted by molar-refractivity contribution is 0.0780. The predicted molar refractivity (Wildman–Crippen MR) is 63.0 cm³/mol. The Morgan fingerprint density at radius 3 is 2.76 bits per heavy atom. The first kappa shape index (κ1) is 11.9. The smallest absolute Gasteiger partial charge is 0.251 e. The molecule has 5 heteroatoms. The number of ether oxygens (including phenoxy) is 1. The number of phenolic OH excluding ortho intramolecular Hbond substituents is 1. The van der Waals surface area contributed by atoms with Gasteiger partial charge >= 0.3 is 0 Å². The Balaban J connectivity index is 1.99. The second-order valence-corrected chi connectivity index (χ2v) is 4.06. The molecule has 5 nitrogen and oxygen atoms in total. The molecule has 2 atom stereocenters. The molecule has 1 aromatic carbocycles. The number of phenols is 1. The number of rotatable bonds is 3. The van der Waals surface area contributed by atoms with Crippen LogP contribution in [0.2, 0.25) is 0 Å². The fourth-order valence-corrected chi connectivity index (χ4v) is 1.91. The van der Waals surface area contributed by atoms with Crippen molar-refractivity contribution in [3.63, 3.8) is 0 Å². The van der Waals surface area contributed by atoms with Crippen LogP contribution < -0.4 is 10.6 Å². The summed E-state index contributed by atoms with van der Waals surface area (Å²) >= 11 is 0. The third-order valence-corrected chi connectivity index (χ3v) is 2.91. The minimum atomic E-state index is -0.152. The average molecular weight is 236 g/mol. The lowest BCUT2D eigenvalue weighted by Gasteiger charge is -2.18. The quantitative estimate of drug-likeness (QED) is 0.696. The van der Waals surface area contributed by atoms with E-state index in [2.05, 4.69) is 10.6 Å². The molecule has 1 aliphatic heterocycles. The van der Waals surface area contributed by atoms with Gasteiger partial charge in [-0.15, -0.1) is 0 Å². The summed E-state index contributed by atoms with van der Waals surface area (Å²) in [5.74, 6) is -0.000369. The molecule has 0 radical (unpaired) electrons. The van der Waals surface area contributed by atoms with Crippen LogP contribution in [0.25, 0.3) is 0 Å². The Bertz CT molecular complexity index is 391. The number of nitrogens with one attached hydrogen (secondary N) is 2. The Labute approximate surface area is 99.8 Å². The van der Waals surface area contributed by atoms with E-state index in [4.69, 9.17) is 9.84 Å². The number of methoxy groups -OCH3 is 1. The van der Waals surface area contributed by atoms with Gasteiger partial charge in [0.25, 0.3) is 5.91 Å². The number of hydrogen-bond donors (Lipinski definition) is 3. The van der Waals surface area contributed by atoms with Crippen molar-refractivity contribution in [3.8, 4) is 5.75 Å². The van der Waals surface area contributed by atoms with E-state index in [9.17, 15) is 4.79 Å². The molecule has 0 saturated carbocycles. The third kappa shape index (κ3) is 2.75. The molecule has 0 aliphatic carbocycles. The Morgan fingerprint density at radius 1 is 1.41 bits per heavy atom. The molecule has 1 unspecified atom stereocenters. The molecule has 0 aromatic heterocycles. The van der Waals surface area contributed by atoms with Crippen LogP contribution in [0.5, 0.6) is 5.75 Å². The lowest BCUT2D eigenvalue weighted by Crippen LogP contribution is -2.43. The van der Waals surface area contributed by atoms with Gasteiger partial charge in [-0.3, -0.25) is 4.79 Å². The lowest BCUT2D eigenvalue weighted by atomic mass is 10.1. The van der Waals surface area contributed by atoms with Crippen molar-refractivity contribution in [2.75, 3.05) is 20.2 Å². The maximum Gasteiger partial charge on any atom is 0.251 e. The standard InChI is InChI=1S/C12H16N2O3/c1-17-11-7-13-6-10(11)14-12(16)8-2-4-9(15)5-3-8/h2-5,10-11,13,15H,6-7H2,1H3,(H,14,16)/t10?,11-/m1/s1. The normalized spacial score (nSPS) is 23.6. The Morgan fingerprint density at radius 2 is 2.12 bits per heavy atom. The molecule has 1 aliphatic rings. The van der Waals surface area contributed by atoms with Crippen LogP contribution >= 0.6 is 0 Å². The van der Waals surface area contributed by atoms with Gasteiger partial charge in [-0.1, -0.05) is 0 Å². The molecule has 1 amide bonds. The van der Waals surface area contributed by atoms with E-state index < -0.39 is 0 Å². The predicted octanol–water partition coefficient (Wildman–Crippen LogP) is 0.109. The van der Waals surface area contributed by atoms with Crippen LogP contribution in [0.15, 0.2) is 24.3 Å². The van der Waals surface area contributed by atoms with Gasteiger partial charge in [0.05, 0.1) is 12.1 Å². The van der Waals surface area contributed by atoms with Gasteiger partial charge < -0.3 is 20.5 Å². The number of aromatic hydroxyl groups is 1. The molecule has 1 saturated heterocycles. The van der Waals surface area contributed by atoms with Gasteiger partial charge in [-0.25, -0.2) is 0 Å². The molecular formula is C12H16N2O3. The Kier molecular flexibility index (Phi) is 3.61. The van der Waals surface area contributed by atoms with E-state index in [1.807, 2.05) is 0 Å². The van der Waals surface area contributed by atoms with E-state index in [1.54, 1.807) is 19.2 Å². The highest BCUT2D eigenvalue weighted by atomic mass is 16.5. The summed E-state index contributed by atoms with van der Waals surface area (Å²) in [6.45, 7) is 1.46. The maximum absolute atomic E-state index is 11.9. The van der Waals surface area contributed by atoms with Crippen LogP contribution in [-0.4, -0.2) is 43.4 Å². The highest BCUT2D eigenvalue weighted by Crippen LogP contribution is 2.10. The first-order valence-electron chi connectivity index (χ1n) is 5.54. The van der Waals surface area contributed by atoms with Gasteiger partial charge in [-0.2, -0.15) is 0 Å². The summed E-state index contributed by atoms with van der Waals surface area (Å²) in [6, 6.07) is 6.16. The fraction of sp³-hybridized carbons (Fsp3) is 0.417. The molecule has 1 heterocycles. The number of amides is 1. The summed E-state index contributed by atoms with van der Waals surface area (Å²) in [6.07, 6.45) is 0.0102. The van der Waals surface area contributed by atoms with Crippen LogP contribution in [0.3, 0.4) is 0 Å². The minimum Gasteiger partial charge on any atom is -0.508 e. The summed E-state index contributed by atoms with van der Waals surface area (Å²) in [7, 11) is 1.64. The SMILES string of the molecule is CO[C@@H]1CNCC1NC(=O)c1ccc(O)cc1. The summed E-state index contributed by atoms with van der Waals surface area (Å²) in [5, 5.41) is 15.2. The van der Waals surface area contributed by atoms with Gasteiger partial charge in [-0.05, 0) is 24.3 Å². The van der Waals surface area contributed by atoms with E-state index in [1.165, 1.54) is 12.1 Å². The third-order valence-electron chi connectivity index (χ3n) is 2.91. The van der Waals surface area contributed by atoms with Gasteiger partial charge in [0, 0.05) is 25.8 Å². The van der Waals surface area contributed by atoms with Crippen LogP contribution in [0, 0.1) is 0 Å². The second-order valence-electron chi connectivity index (χ2n) is 4.06. The summed E-state index contributed by atoms with van der Waals surface area (Å²) < 4.78 is 5.26. The zero-order valence-corrected chi connectivity index (χ0v) is 9.64. The Hall–Kier alpha value is -1.59. The zero-order chi connectivity index (χ0) is 12.3. The molecule has 1 aromatic rings. The van der Waals surface area contributed by atoms with Crippen molar-refractivity contribution in [1.82, 2.24) is 10.6 Å². The van der Waals surface area contributed by atoms with Crippen molar-refractivity contribution < 1.29 is 14.6 Å². The van der Waals surface area contributed by atoms with Crippen LogP contribution in [0.1, 0.15) is 10.4 Å². The molecule has 1 fully saturated rings. The summed E-state index contributed by atoms with van der Waals surface area (Å²) in [4.78, 5) is 11.9. The molecule has 17 heavy (non-hydrogen) atoms. The zero-order valence-electron chi connectivity index (χ0n) is 9.64. The van der Waals surface area contributed by atoms with Crippen molar-refractivity contribution in [3.05, 3.63) is 29.8 Å². The highest BCUT2D eigenvalue weighted by molar-refractivity contribution is 5.94. The van der Waals surface area contributed by atoms with E-state index in [-0.39, 0.29) is 23.8 Å². The fourth-order valence-electron chi connectivity index (χ4n) is 1.91. The molecule has 3 N–H and O–H groups in total. The van der Waals surface area contributed by atoms with E-state index in [0.717, 1.165) is 6.54 Å². The minimum absolute atomic E-state index is 0.0102. The molecule has 92 valence electrons. The monoisotopic (exact) mass is 236 g/mol. The summed E-state index contributed by atoms with van der Waals surface area (Å²) in [5.41, 5.74) is 0.532. The number of benzene rings is 1. The van der Waals surface area contributed by atoms with Crippen LogP contribution in [-0.2, 0) is 4.74 Å². The van der Waals surface area contributed by atoms with E-state index in [0.29, 0.717) is 12.1 Å². The molecule has 0 bridgehead atoms. The van der Waals surface area contributed by atoms with Crippen molar-refractivity contribution >= 4 is 5.91 Å². The second kappa shape index (κ2) is 5.16. The van der Waals surface area contributed by atoms with Gasteiger partial charge in [0.1, 0.15) is 5.75 Å². The highest BCUT2D eigenvalue weighted by Gasteiger charge is 2.28. The first-order chi connectivity index (χ1) is 8.20. The molecular weight excluding hydrogens is 220 g/mol. The molecule has 2 rings (SSSR count). The van der Waals surface area contributed by atoms with Gasteiger partial charge in [0.15, 0.2) is 0 Å². The topological polar surface area (TPSA) is 70.6 Å². The maximum atomic E-state index is 11.9. The molecule has 0 spiro atoms. The van der Waals surface area contributed by atoms with Crippen molar-refractivity contribution in [2.45, 2.75) is 12.1 Å². The van der Waals surface area contributed by atoms with Crippen molar-refractivity contribution in [2.24, 2.45) is 0 Å². The number of hydrogen-bond acceptors (Lipinski definition) is 4. The number of carbonyl (C=O) groups is 1.